The Morgan fingerprint density at radius 2 is 1.45 bits per heavy atom. The van der Waals surface area contributed by atoms with E-state index in [1.54, 1.807) is 0 Å². The van der Waals surface area contributed by atoms with Gasteiger partial charge in [0.05, 0.1) is 0 Å². The third-order valence-corrected chi connectivity index (χ3v) is 6.78. The highest BCUT2D eigenvalue weighted by Crippen LogP contribution is 2.41. The highest BCUT2D eigenvalue weighted by Gasteiger charge is 2.47. The minimum absolute atomic E-state index is 0.357. The van der Waals surface area contributed by atoms with Crippen molar-refractivity contribution < 1.29 is 0 Å². The standard InChI is InChI=1S/C20H38N2/c1-19(2,3)16-9-7-15(8-10-16)12-21-13-18-11-17(21)14-22(18)20(4,5)6/h15-18H,7-14H2,1-6H3/t15?,16?,17-,18-/m1/s1. The normalized spacial score (nSPS) is 37.9. The first-order valence-corrected chi connectivity index (χ1v) is 9.65. The Kier molecular flexibility index (Phi) is 4.40. The van der Waals surface area contributed by atoms with Gasteiger partial charge in [0, 0.05) is 37.3 Å². The molecule has 0 aromatic rings. The smallest absolute Gasteiger partial charge is 0.0244 e. The first kappa shape index (κ1) is 16.8. The Morgan fingerprint density at radius 3 is 1.91 bits per heavy atom. The molecule has 0 radical (unpaired) electrons. The topological polar surface area (TPSA) is 6.48 Å². The van der Waals surface area contributed by atoms with E-state index in [1.807, 2.05) is 0 Å². The lowest BCUT2D eigenvalue weighted by atomic mass is 9.70. The van der Waals surface area contributed by atoms with Gasteiger partial charge in [-0.25, -0.2) is 0 Å². The van der Waals surface area contributed by atoms with Crippen LogP contribution < -0.4 is 0 Å². The van der Waals surface area contributed by atoms with E-state index in [-0.39, 0.29) is 0 Å². The highest BCUT2D eigenvalue weighted by atomic mass is 15.4. The molecule has 0 unspecified atom stereocenters. The van der Waals surface area contributed by atoms with Crippen molar-refractivity contribution in [1.29, 1.82) is 0 Å². The van der Waals surface area contributed by atoms with E-state index < -0.39 is 0 Å². The summed E-state index contributed by atoms with van der Waals surface area (Å²) in [6.45, 7) is 18.5. The molecule has 22 heavy (non-hydrogen) atoms. The van der Waals surface area contributed by atoms with Gasteiger partial charge in [-0.3, -0.25) is 9.80 Å². The highest BCUT2D eigenvalue weighted by molar-refractivity contribution is 5.03. The molecule has 128 valence electrons. The van der Waals surface area contributed by atoms with Gasteiger partial charge >= 0.3 is 0 Å². The fourth-order valence-electron chi connectivity index (χ4n) is 5.34. The van der Waals surface area contributed by atoms with Crippen molar-refractivity contribution in [3.8, 4) is 0 Å². The van der Waals surface area contributed by atoms with Crippen LogP contribution in [0.1, 0.15) is 73.6 Å². The van der Waals surface area contributed by atoms with Crippen molar-refractivity contribution in [2.24, 2.45) is 17.3 Å². The molecule has 0 spiro atoms. The summed E-state index contributed by atoms with van der Waals surface area (Å²) in [4.78, 5) is 5.60. The fraction of sp³-hybridized carbons (Fsp3) is 1.00. The number of rotatable bonds is 2. The van der Waals surface area contributed by atoms with Crippen LogP contribution in [0.3, 0.4) is 0 Å². The molecule has 1 saturated carbocycles. The van der Waals surface area contributed by atoms with E-state index in [1.165, 1.54) is 51.7 Å². The molecule has 2 saturated heterocycles. The zero-order valence-electron chi connectivity index (χ0n) is 15.9. The van der Waals surface area contributed by atoms with Crippen molar-refractivity contribution in [2.75, 3.05) is 19.6 Å². The Labute approximate surface area is 138 Å². The van der Waals surface area contributed by atoms with E-state index >= 15 is 0 Å². The Bertz CT molecular complexity index is 381. The number of hydrogen-bond donors (Lipinski definition) is 0. The van der Waals surface area contributed by atoms with E-state index in [9.17, 15) is 0 Å². The summed E-state index contributed by atoms with van der Waals surface area (Å²) in [5, 5.41) is 0. The molecule has 3 rings (SSSR count). The lowest BCUT2D eigenvalue weighted by Crippen LogP contribution is -2.54. The number of likely N-dealkylation sites (tertiary alicyclic amines) is 2. The van der Waals surface area contributed by atoms with Gasteiger partial charge in [-0.05, 0) is 70.1 Å². The van der Waals surface area contributed by atoms with Gasteiger partial charge in [-0.2, -0.15) is 0 Å². The van der Waals surface area contributed by atoms with Crippen LogP contribution >= 0.6 is 0 Å². The largest absolute Gasteiger partial charge is 0.297 e. The SMILES string of the molecule is CC(C)(C)C1CCC(CN2C[C@H]3C[C@@H]2CN3C(C)(C)C)CC1. The summed E-state index contributed by atoms with van der Waals surface area (Å²) in [7, 11) is 0. The summed E-state index contributed by atoms with van der Waals surface area (Å²) in [5.41, 5.74) is 0.876. The number of nitrogens with zero attached hydrogens (tertiary/aromatic N) is 2. The maximum Gasteiger partial charge on any atom is 0.0244 e. The molecule has 0 aromatic carbocycles. The minimum Gasteiger partial charge on any atom is -0.297 e. The van der Waals surface area contributed by atoms with Crippen molar-refractivity contribution in [1.82, 2.24) is 9.80 Å². The molecule has 2 aliphatic heterocycles. The van der Waals surface area contributed by atoms with Crippen LogP contribution in [-0.4, -0.2) is 47.1 Å². The average Bonchev–Trinajstić information content (AvgIpc) is 2.97. The second-order valence-electron chi connectivity index (χ2n) is 10.4. The Morgan fingerprint density at radius 1 is 0.818 bits per heavy atom. The van der Waals surface area contributed by atoms with Crippen molar-refractivity contribution >= 4 is 0 Å². The Balaban J connectivity index is 1.47. The number of piperazine rings is 1. The van der Waals surface area contributed by atoms with E-state index in [0.717, 1.165) is 23.9 Å². The van der Waals surface area contributed by atoms with Crippen LogP contribution in [0.15, 0.2) is 0 Å². The van der Waals surface area contributed by atoms with Crippen LogP contribution in [0.5, 0.6) is 0 Å². The van der Waals surface area contributed by atoms with Crippen molar-refractivity contribution in [3.63, 3.8) is 0 Å². The summed E-state index contributed by atoms with van der Waals surface area (Å²) in [6.07, 6.45) is 7.29. The summed E-state index contributed by atoms with van der Waals surface area (Å²) in [5.74, 6) is 1.93. The van der Waals surface area contributed by atoms with Crippen LogP contribution in [0.2, 0.25) is 0 Å². The molecule has 2 nitrogen and oxygen atoms in total. The zero-order valence-corrected chi connectivity index (χ0v) is 15.9. The second kappa shape index (κ2) is 5.77. The molecule has 1 aliphatic carbocycles. The van der Waals surface area contributed by atoms with Crippen LogP contribution in [-0.2, 0) is 0 Å². The van der Waals surface area contributed by atoms with Gasteiger partial charge in [0.15, 0.2) is 0 Å². The predicted octanol–water partition coefficient (Wildman–Crippen LogP) is 4.40. The average molecular weight is 307 g/mol. The van der Waals surface area contributed by atoms with Gasteiger partial charge in [0.1, 0.15) is 0 Å². The maximum atomic E-state index is 2.84. The van der Waals surface area contributed by atoms with Crippen LogP contribution in [0.4, 0.5) is 0 Å². The van der Waals surface area contributed by atoms with Crippen LogP contribution in [0.25, 0.3) is 0 Å². The maximum absolute atomic E-state index is 2.84. The molecule has 0 amide bonds. The second-order valence-corrected chi connectivity index (χ2v) is 10.4. The van der Waals surface area contributed by atoms with Crippen LogP contribution in [0, 0.1) is 17.3 Å². The monoisotopic (exact) mass is 306 g/mol. The lowest BCUT2D eigenvalue weighted by molar-refractivity contribution is 0.0432. The molecule has 0 aromatic heterocycles. The lowest BCUT2D eigenvalue weighted by Gasteiger charge is -2.43. The Hall–Kier alpha value is -0.0800. The van der Waals surface area contributed by atoms with Gasteiger partial charge in [-0.1, -0.05) is 20.8 Å². The summed E-state index contributed by atoms with van der Waals surface area (Å²) < 4.78 is 0. The number of fused-ring (bicyclic) bond motifs is 2. The molecular weight excluding hydrogens is 268 g/mol. The molecule has 2 bridgehead atoms. The summed E-state index contributed by atoms with van der Waals surface area (Å²) >= 11 is 0. The third kappa shape index (κ3) is 3.38. The van der Waals surface area contributed by atoms with Crippen molar-refractivity contribution in [3.05, 3.63) is 0 Å². The van der Waals surface area contributed by atoms with Gasteiger partial charge in [0.25, 0.3) is 0 Å². The zero-order chi connectivity index (χ0) is 16.1. The molecule has 3 fully saturated rings. The number of hydrogen-bond acceptors (Lipinski definition) is 2. The molecule has 2 heterocycles. The molecule has 2 atom stereocenters. The predicted molar refractivity (Wildman–Crippen MR) is 95.1 cm³/mol. The van der Waals surface area contributed by atoms with E-state index in [4.69, 9.17) is 0 Å². The first-order valence-electron chi connectivity index (χ1n) is 9.65. The quantitative estimate of drug-likeness (QED) is 0.746. The van der Waals surface area contributed by atoms with Crippen molar-refractivity contribution in [2.45, 2.75) is 91.3 Å². The van der Waals surface area contributed by atoms with Gasteiger partial charge in [0.2, 0.25) is 0 Å². The first-order chi connectivity index (χ1) is 10.1. The van der Waals surface area contributed by atoms with E-state index in [2.05, 4.69) is 51.3 Å². The molecule has 2 heteroatoms. The molecular formula is C20H38N2. The summed E-state index contributed by atoms with van der Waals surface area (Å²) in [6, 6.07) is 1.68. The van der Waals surface area contributed by atoms with E-state index in [0.29, 0.717) is 11.0 Å². The van der Waals surface area contributed by atoms with Gasteiger partial charge < -0.3 is 0 Å². The molecule has 0 N–H and O–H groups in total. The minimum atomic E-state index is 0.357. The fourth-order valence-corrected chi connectivity index (χ4v) is 5.34. The molecule has 3 aliphatic rings. The third-order valence-electron chi connectivity index (χ3n) is 6.78. The van der Waals surface area contributed by atoms with Gasteiger partial charge in [-0.15, -0.1) is 0 Å².